The van der Waals surface area contributed by atoms with Gasteiger partial charge in [-0.15, -0.1) is 11.8 Å². The van der Waals surface area contributed by atoms with Gasteiger partial charge in [-0.3, -0.25) is 9.59 Å². The van der Waals surface area contributed by atoms with Crippen LogP contribution in [0.1, 0.15) is 13.3 Å². The van der Waals surface area contributed by atoms with Gasteiger partial charge < -0.3 is 0 Å². The monoisotopic (exact) mass is 235 g/mol. The molecule has 0 aromatic heterocycles. The number of hydrogen-bond donors (Lipinski definition) is 0. The molecule has 2 amide bonds. The summed E-state index contributed by atoms with van der Waals surface area (Å²) in [5.74, 6) is 0.678. The quantitative estimate of drug-likeness (QED) is 0.753. The lowest BCUT2D eigenvalue weighted by molar-refractivity contribution is -0.121. The summed E-state index contributed by atoms with van der Waals surface area (Å²) in [5.41, 5.74) is 0.678. The number of thioether (sulfide) groups is 1. The number of hydrogen-bond acceptors (Lipinski definition) is 3. The second kappa shape index (κ2) is 4.70. The van der Waals surface area contributed by atoms with Gasteiger partial charge in [-0.1, -0.05) is 25.1 Å². The fourth-order valence-corrected chi connectivity index (χ4v) is 2.69. The Labute approximate surface area is 98.8 Å². The molecule has 1 aromatic carbocycles. The Morgan fingerprint density at radius 1 is 1.31 bits per heavy atom. The summed E-state index contributed by atoms with van der Waals surface area (Å²) in [4.78, 5) is 25.1. The number of amides is 2. The summed E-state index contributed by atoms with van der Waals surface area (Å²) in [6.07, 6.45) is 0.326. The third-order valence-corrected chi connectivity index (χ3v) is 3.59. The lowest BCUT2D eigenvalue weighted by atomic mass is 10.3. The first kappa shape index (κ1) is 11.2. The van der Waals surface area contributed by atoms with E-state index in [9.17, 15) is 9.59 Å². The predicted octanol–water partition coefficient (Wildman–Crippen LogP) is 2.07. The average Bonchev–Trinajstić information content (AvgIpc) is 2.56. The van der Waals surface area contributed by atoms with E-state index >= 15 is 0 Å². The number of para-hydroxylation sites is 1. The Kier molecular flexibility index (Phi) is 3.29. The van der Waals surface area contributed by atoms with Crippen molar-refractivity contribution in [3.63, 3.8) is 0 Å². The van der Waals surface area contributed by atoms with Crippen LogP contribution in [-0.2, 0) is 9.59 Å². The van der Waals surface area contributed by atoms with Gasteiger partial charge in [0.05, 0.1) is 10.9 Å². The van der Waals surface area contributed by atoms with Gasteiger partial charge >= 0.3 is 0 Å². The number of carbonyl (C=O) groups is 2. The summed E-state index contributed by atoms with van der Waals surface area (Å²) in [5, 5.41) is -0.197. The van der Waals surface area contributed by atoms with Crippen LogP contribution in [0.4, 0.5) is 5.69 Å². The summed E-state index contributed by atoms with van der Waals surface area (Å²) in [6.45, 7) is 1.99. The van der Waals surface area contributed by atoms with Gasteiger partial charge in [-0.05, 0) is 17.9 Å². The fraction of sp³-hybridized carbons (Fsp3) is 0.333. The Hall–Kier alpha value is -1.29. The predicted molar refractivity (Wildman–Crippen MR) is 65.5 cm³/mol. The molecule has 0 bridgehead atoms. The maximum atomic E-state index is 12.0. The van der Waals surface area contributed by atoms with Crippen LogP contribution in [-0.4, -0.2) is 22.8 Å². The molecule has 0 saturated carbocycles. The minimum absolute atomic E-state index is 0.0805. The largest absolute Gasteiger partial charge is 0.274 e. The molecule has 0 aliphatic carbocycles. The lowest BCUT2D eigenvalue weighted by Crippen LogP contribution is -2.31. The van der Waals surface area contributed by atoms with E-state index in [4.69, 9.17) is 0 Å². The number of nitrogens with zero attached hydrogens (tertiary/aromatic N) is 1. The lowest BCUT2D eigenvalue weighted by Gasteiger charge is -2.14. The summed E-state index contributed by atoms with van der Waals surface area (Å²) in [6, 6.07) is 9.10. The van der Waals surface area contributed by atoms with Crippen molar-refractivity contribution in [2.45, 2.75) is 18.6 Å². The van der Waals surface area contributed by atoms with Crippen molar-refractivity contribution in [1.29, 1.82) is 0 Å². The van der Waals surface area contributed by atoms with E-state index in [0.29, 0.717) is 12.1 Å². The van der Waals surface area contributed by atoms with Gasteiger partial charge in [0.25, 0.3) is 0 Å². The molecule has 16 heavy (non-hydrogen) atoms. The van der Waals surface area contributed by atoms with E-state index in [-0.39, 0.29) is 17.1 Å². The second-order valence-electron chi connectivity index (χ2n) is 3.55. The number of anilines is 1. The Bertz CT molecular complexity index is 405. The minimum Gasteiger partial charge on any atom is -0.274 e. The first-order valence-corrected chi connectivity index (χ1v) is 6.32. The molecule has 1 aliphatic rings. The Morgan fingerprint density at radius 3 is 2.62 bits per heavy atom. The fourth-order valence-electron chi connectivity index (χ4n) is 1.78. The summed E-state index contributed by atoms with van der Waals surface area (Å²) < 4.78 is 0. The van der Waals surface area contributed by atoms with Crippen LogP contribution >= 0.6 is 11.8 Å². The average molecular weight is 235 g/mol. The molecule has 84 valence electrons. The molecule has 1 saturated heterocycles. The van der Waals surface area contributed by atoms with E-state index in [1.165, 1.54) is 16.7 Å². The number of rotatable bonds is 3. The van der Waals surface area contributed by atoms with E-state index in [1.807, 2.05) is 25.1 Å². The normalized spacial score (nSPS) is 20.6. The third-order valence-electron chi connectivity index (χ3n) is 2.49. The standard InChI is InChI=1S/C12H13NO2S/c1-2-16-10-8-11(14)13(12(10)15)9-6-4-3-5-7-9/h3-7,10H,2,8H2,1H3/t10-/m0/s1. The van der Waals surface area contributed by atoms with Crippen molar-refractivity contribution < 1.29 is 9.59 Å². The molecule has 2 rings (SSSR count). The van der Waals surface area contributed by atoms with Gasteiger partial charge in [0.15, 0.2) is 0 Å². The van der Waals surface area contributed by atoms with Crippen LogP contribution in [0.2, 0.25) is 0 Å². The molecule has 1 heterocycles. The molecule has 1 atom stereocenters. The third kappa shape index (κ3) is 1.97. The van der Waals surface area contributed by atoms with Crippen LogP contribution in [0, 0.1) is 0 Å². The van der Waals surface area contributed by atoms with Crippen molar-refractivity contribution in [3.8, 4) is 0 Å². The topological polar surface area (TPSA) is 37.4 Å². The van der Waals surface area contributed by atoms with E-state index < -0.39 is 0 Å². The highest BCUT2D eigenvalue weighted by Gasteiger charge is 2.39. The minimum atomic E-state index is -0.197. The zero-order chi connectivity index (χ0) is 11.5. The molecule has 0 spiro atoms. The Balaban J connectivity index is 2.23. The van der Waals surface area contributed by atoms with Gasteiger partial charge in [0.1, 0.15) is 0 Å². The summed E-state index contributed by atoms with van der Waals surface area (Å²) in [7, 11) is 0. The van der Waals surface area contributed by atoms with Gasteiger partial charge in [-0.2, -0.15) is 0 Å². The van der Waals surface area contributed by atoms with Crippen molar-refractivity contribution in [2.24, 2.45) is 0 Å². The smallest absolute Gasteiger partial charge is 0.247 e. The molecule has 0 unspecified atom stereocenters. The zero-order valence-corrected chi connectivity index (χ0v) is 9.87. The van der Waals surface area contributed by atoms with Crippen molar-refractivity contribution in [2.75, 3.05) is 10.7 Å². The van der Waals surface area contributed by atoms with Crippen molar-refractivity contribution in [1.82, 2.24) is 0 Å². The number of imide groups is 1. The summed E-state index contributed by atoms with van der Waals surface area (Å²) >= 11 is 1.54. The maximum Gasteiger partial charge on any atom is 0.247 e. The molecule has 1 aromatic rings. The molecule has 1 aliphatic heterocycles. The second-order valence-corrected chi connectivity index (χ2v) is 5.03. The highest BCUT2D eigenvalue weighted by atomic mass is 32.2. The van der Waals surface area contributed by atoms with Crippen LogP contribution in [0.3, 0.4) is 0 Å². The highest BCUT2D eigenvalue weighted by Crippen LogP contribution is 2.29. The number of carbonyl (C=O) groups excluding carboxylic acids is 2. The molecule has 0 N–H and O–H groups in total. The molecular formula is C12H13NO2S. The van der Waals surface area contributed by atoms with Gasteiger partial charge in [0, 0.05) is 6.42 Å². The van der Waals surface area contributed by atoms with Gasteiger partial charge in [-0.25, -0.2) is 4.90 Å². The number of benzene rings is 1. The first-order chi connectivity index (χ1) is 7.74. The zero-order valence-electron chi connectivity index (χ0n) is 9.05. The van der Waals surface area contributed by atoms with Gasteiger partial charge in [0.2, 0.25) is 11.8 Å². The molecule has 0 radical (unpaired) electrons. The van der Waals surface area contributed by atoms with Crippen LogP contribution in [0.25, 0.3) is 0 Å². The van der Waals surface area contributed by atoms with Crippen LogP contribution in [0.15, 0.2) is 30.3 Å². The van der Waals surface area contributed by atoms with E-state index in [1.54, 1.807) is 12.1 Å². The van der Waals surface area contributed by atoms with E-state index in [2.05, 4.69) is 0 Å². The highest BCUT2D eigenvalue weighted by molar-refractivity contribution is 8.00. The van der Waals surface area contributed by atoms with Crippen molar-refractivity contribution in [3.05, 3.63) is 30.3 Å². The maximum absolute atomic E-state index is 12.0. The molecular weight excluding hydrogens is 222 g/mol. The van der Waals surface area contributed by atoms with Crippen LogP contribution in [0.5, 0.6) is 0 Å². The van der Waals surface area contributed by atoms with Crippen molar-refractivity contribution >= 4 is 29.3 Å². The molecule has 4 heteroatoms. The first-order valence-electron chi connectivity index (χ1n) is 5.27. The van der Waals surface area contributed by atoms with E-state index in [0.717, 1.165) is 5.75 Å². The molecule has 3 nitrogen and oxygen atoms in total. The van der Waals surface area contributed by atoms with Crippen LogP contribution < -0.4 is 4.90 Å². The Morgan fingerprint density at radius 2 is 2.00 bits per heavy atom. The SMILES string of the molecule is CCS[C@H]1CC(=O)N(c2ccccc2)C1=O. The molecule has 1 fully saturated rings.